The second-order valence-corrected chi connectivity index (χ2v) is 5.54. The molecule has 0 fully saturated rings. The Kier molecular flexibility index (Phi) is 4.00. The fourth-order valence-electron chi connectivity index (χ4n) is 1.47. The molecular formula is C13H9Br2N3. The van der Waals surface area contributed by atoms with Crippen LogP contribution in [0.4, 0.5) is 11.5 Å². The molecule has 0 atom stereocenters. The van der Waals surface area contributed by atoms with Gasteiger partial charge in [0.2, 0.25) is 0 Å². The maximum absolute atomic E-state index is 9.09. The molecule has 0 aliphatic heterocycles. The molecule has 1 aromatic heterocycles. The van der Waals surface area contributed by atoms with Crippen molar-refractivity contribution in [2.45, 2.75) is 6.92 Å². The molecular weight excluding hydrogens is 358 g/mol. The number of nitrogens with zero attached hydrogens (tertiary/aromatic N) is 2. The quantitative estimate of drug-likeness (QED) is 0.849. The lowest BCUT2D eigenvalue weighted by Gasteiger charge is -2.09. The lowest BCUT2D eigenvalue weighted by atomic mass is 10.2. The Hall–Kier alpha value is -1.38. The molecule has 18 heavy (non-hydrogen) atoms. The first-order valence-electron chi connectivity index (χ1n) is 5.19. The summed E-state index contributed by atoms with van der Waals surface area (Å²) in [5.41, 5.74) is 2.38. The highest BCUT2D eigenvalue weighted by molar-refractivity contribution is 9.10. The molecule has 0 saturated heterocycles. The van der Waals surface area contributed by atoms with Crippen molar-refractivity contribution in [1.29, 1.82) is 5.26 Å². The third-order valence-corrected chi connectivity index (χ3v) is 3.43. The minimum atomic E-state index is 0.568. The summed E-state index contributed by atoms with van der Waals surface area (Å²) in [5, 5.41) is 12.2. The number of hydrogen-bond acceptors (Lipinski definition) is 3. The second kappa shape index (κ2) is 5.51. The number of hydrogen-bond donors (Lipinski definition) is 1. The monoisotopic (exact) mass is 365 g/mol. The van der Waals surface area contributed by atoms with E-state index < -0.39 is 0 Å². The summed E-state index contributed by atoms with van der Waals surface area (Å²) in [6.07, 6.45) is 1.78. The zero-order valence-corrected chi connectivity index (χ0v) is 12.7. The number of aryl methyl sites for hydroxylation is 1. The van der Waals surface area contributed by atoms with Crippen LogP contribution in [0.1, 0.15) is 11.1 Å². The first kappa shape index (κ1) is 13.1. The summed E-state index contributed by atoms with van der Waals surface area (Å²) >= 11 is 6.79. The Morgan fingerprint density at radius 1 is 1.28 bits per heavy atom. The minimum Gasteiger partial charge on any atom is -0.338 e. The summed E-state index contributed by atoms with van der Waals surface area (Å²) in [5.74, 6) is 0.694. The van der Waals surface area contributed by atoms with Crippen molar-refractivity contribution in [2.24, 2.45) is 0 Å². The molecule has 2 rings (SSSR count). The van der Waals surface area contributed by atoms with Crippen LogP contribution in [-0.2, 0) is 0 Å². The van der Waals surface area contributed by atoms with Gasteiger partial charge in [0.1, 0.15) is 11.9 Å². The van der Waals surface area contributed by atoms with Gasteiger partial charge in [-0.15, -0.1) is 0 Å². The fraction of sp³-hybridized carbons (Fsp3) is 0.0769. The zero-order valence-electron chi connectivity index (χ0n) is 9.54. The maximum Gasteiger partial charge on any atom is 0.144 e. The standard InChI is InChI=1S/C13H9Br2N3/c1-8-4-11(15)13(17-7-8)18-12-3-2-10(14)5-9(12)6-16/h2-5,7H,1H3,(H,17,18). The predicted octanol–water partition coefficient (Wildman–Crippen LogP) is 4.53. The molecule has 3 nitrogen and oxygen atoms in total. The van der Waals surface area contributed by atoms with E-state index in [0.29, 0.717) is 11.4 Å². The number of rotatable bonds is 2. The zero-order chi connectivity index (χ0) is 13.1. The molecule has 0 aliphatic rings. The van der Waals surface area contributed by atoms with Crippen molar-refractivity contribution in [1.82, 2.24) is 4.98 Å². The van der Waals surface area contributed by atoms with Crippen LogP contribution < -0.4 is 5.32 Å². The molecule has 0 saturated carbocycles. The Labute approximate surface area is 122 Å². The van der Waals surface area contributed by atoms with Crippen molar-refractivity contribution in [3.05, 3.63) is 50.5 Å². The van der Waals surface area contributed by atoms with E-state index in [0.717, 1.165) is 20.2 Å². The van der Waals surface area contributed by atoms with E-state index in [2.05, 4.69) is 48.2 Å². The summed E-state index contributed by atoms with van der Waals surface area (Å²) in [6, 6.07) is 9.62. The molecule has 0 bridgehead atoms. The average molecular weight is 367 g/mol. The van der Waals surface area contributed by atoms with Crippen molar-refractivity contribution < 1.29 is 0 Å². The Balaban J connectivity index is 2.37. The van der Waals surface area contributed by atoms with Crippen LogP contribution in [-0.4, -0.2) is 4.98 Å². The number of nitrogens with one attached hydrogen (secondary N) is 1. The summed E-state index contributed by atoms with van der Waals surface area (Å²) < 4.78 is 1.75. The smallest absolute Gasteiger partial charge is 0.144 e. The van der Waals surface area contributed by atoms with Crippen LogP contribution in [0, 0.1) is 18.3 Å². The van der Waals surface area contributed by atoms with Crippen LogP contribution in [0.15, 0.2) is 39.4 Å². The first-order valence-corrected chi connectivity index (χ1v) is 6.77. The van der Waals surface area contributed by atoms with E-state index >= 15 is 0 Å². The molecule has 0 unspecified atom stereocenters. The highest BCUT2D eigenvalue weighted by Gasteiger charge is 2.06. The van der Waals surface area contributed by atoms with E-state index in [1.54, 1.807) is 12.3 Å². The van der Waals surface area contributed by atoms with Crippen LogP contribution in [0.2, 0.25) is 0 Å². The third kappa shape index (κ3) is 2.89. The molecule has 0 spiro atoms. The van der Waals surface area contributed by atoms with Crippen LogP contribution in [0.3, 0.4) is 0 Å². The van der Waals surface area contributed by atoms with Gasteiger partial charge in [0.05, 0.1) is 15.7 Å². The van der Waals surface area contributed by atoms with Crippen molar-refractivity contribution in [2.75, 3.05) is 5.32 Å². The number of benzene rings is 1. The van der Waals surface area contributed by atoms with Gasteiger partial charge in [-0.25, -0.2) is 4.98 Å². The Morgan fingerprint density at radius 3 is 2.72 bits per heavy atom. The fourth-order valence-corrected chi connectivity index (χ4v) is 2.39. The SMILES string of the molecule is Cc1cnc(Nc2ccc(Br)cc2C#N)c(Br)c1. The van der Waals surface area contributed by atoms with Crippen LogP contribution >= 0.6 is 31.9 Å². The van der Waals surface area contributed by atoms with Crippen molar-refractivity contribution >= 4 is 43.4 Å². The Bertz CT molecular complexity index is 633. The predicted molar refractivity (Wildman–Crippen MR) is 78.8 cm³/mol. The number of anilines is 2. The summed E-state index contributed by atoms with van der Waals surface area (Å²) in [4.78, 5) is 4.29. The molecule has 0 radical (unpaired) electrons. The normalized spacial score (nSPS) is 9.89. The summed E-state index contributed by atoms with van der Waals surface area (Å²) in [6.45, 7) is 1.97. The molecule has 5 heteroatoms. The van der Waals surface area contributed by atoms with E-state index in [1.165, 1.54) is 0 Å². The lowest BCUT2D eigenvalue weighted by molar-refractivity contribution is 1.24. The molecule has 2 aromatic rings. The number of nitriles is 1. The number of aromatic nitrogens is 1. The molecule has 0 amide bonds. The van der Waals surface area contributed by atoms with E-state index in [4.69, 9.17) is 5.26 Å². The van der Waals surface area contributed by atoms with E-state index in [-0.39, 0.29) is 0 Å². The van der Waals surface area contributed by atoms with Gasteiger partial charge in [0.25, 0.3) is 0 Å². The minimum absolute atomic E-state index is 0.568. The van der Waals surface area contributed by atoms with E-state index in [9.17, 15) is 0 Å². The largest absolute Gasteiger partial charge is 0.338 e. The van der Waals surface area contributed by atoms with E-state index in [1.807, 2.05) is 25.1 Å². The summed E-state index contributed by atoms with van der Waals surface area (Å²) in [7, 11) is 0. The number of halogens is 2. The molecule has 1 N–H and O–H groups in total. The van der Waals surface area contributed by atoms with Gasteiger partial charge in [-0.2, -0.15) is 5.26 Å². The molecule has 1 heterocycles. The maximum atomic E-state index is 9.09. The molecule has 0 aliphatic carbocycles. The van der Waals surface area contributed by atoms with Gasteiger partial charge in [0.15, 0.2) is 0 Å². The molecule has 1 aromatic carbocycles. The van der Waals surface area contributed by atoms with Gasteiger partial charge in [0, 0.05) is 10.7 Å². The second-order valence-electron chi connectivity index (χ2n) is 3.77. The van der Waals surface area contributed by atoms with Crippen molar-refractivity contribution in [3.63, 3.8) is 0 Å². The van der Waals surface area contributed by atoms with Crippen LogP contribution in [0.5, 0.6) is 0 Å². The first-order chi connectivity index (χ1) is 8.60. The van der Waals surface area contributed by atoms with Gasteiger partial charge in [-0.05, 0) is 52.7 Å². The van der Waals surface area contributed by atoms with Gasteiger partial charge < -0.3 is 5.32 Å². The Morgan fingerprint density at radius 2 is 2.06 bits per heavy atom. The van der Waals surface area contributed by atoms with Gasteiger partial charge in [-0.1, -0.05) is 15.9 Å². The van der Waals surface area contributed by atoms with Crippen LogP contribution in [0.25, 0.3) is 0 Å². The topological polar surface area (TPSA) is 48.7 Å². The van der Waals surface area contributed by atoms with Crippen molar-refractivity contribution in [3.8, 4) is 6.07 Å². The molecule has 90 valence electrons. The lowest BCUT2D eigenvalue weighted by Crippen LogP contribution is -1.97. The highest BCUT2D eigenvalue weighted by atomic mass is 79.9. The third-order valence-electron chi connectivity index (χ3n) is 2.33. The van der Waals surface area contributed by atoms with Gasteiger partial charge >= 0.3 is 0 Å². The van der Waals surface area contributed by atoms with Gasteiger partial charge in [-0.3, -0.25) is 0 Å². The highest BCUT2D eigenvalue weighted by Crippen LogP contribution is 2.27. The number of pyridine rings is 1. The average Bonchev–Trinajstić information content (AvgIpc) is 2.34.